The number of nitrogens with zero attached hydrogens (tertiary/aromatic N) is 3. The topological polar surface area (TPSA) is 78.3 Å². The van der Waals surface area contributed by atoms with Crippen LogP contribution in [-0.4, -0.2) is 46.5 Å². The number of rotatable bonds is 5. The normalized spacial score (nSPS) is 23.3. The Labute approximate surface area is 208 Å². The molecule has 2 atom stereocenters. The Kier molecular flexibility index (Phi) is 6.37. The number of ether oxygens (including phenoxy) is 2. The van der Waals surface area contributed by atoms with Gasteiger partial charge in [0.1, 0.15) is 12.2 Å². The fraction of sp³-hybridized carbons (Fsp3) is 0.435. The van der Waals surface area contributed by atoms with Gasteiger partial charge in [0.2, 0.25) is 0 Å². The van der Waals surface area contributed by atoms with Crippen molar-refractivity contribution in [3.05, 3.63) is 62.4 Å². The molecule has 5 heterocycles. The zero-order chi connectivity index (χ0) is 24.8. The van der Waals surface area contributed by atoms with Crippen LogP contribution in [0, 0.1) is 5.82 Å². The maximum atomic E-state index is 14.5. The van der Waals surface area contributed by atoms with Gasteiger partial charge in [-0.1, -0.05) is 11.6 Å². The summed E-state index contributed by atoms with van der Waals surface area (Å²) in [6, 6.07) is 3.80. The van der Waals surface area contributed by atoms with Crippen LogP contribution >= 0.6 is 22.9 Å². The molecule has 2 unspecified atom stereocenters. The van der Waals surface area contributed by atoms with Gasteiger partial charge < -0.3 is 14.8 Å². The highest BCUT2D eigenvalue weighted by atomic mass is 35.5. The number of hydrogen-bond donors (Lipinski definition) is 1. The molecule has 0 bridgehead atoms. The van der Waals surface area contributed by atoms with Crippen LogP contribution in [0.4, 0.5) is 13.2 Å². The summed E-state index contributed by atoms with van der Waals surface area (Å²) in [5.74, 6) is -4.38. The molecule has 3 aromatic heterocycles. The highest BCUT2D eigenvalue weighted by molar-refractivity contribution is 7.16. The third-order valence-corrected chi connectivity index (χ3v) is 7.71. The minimum Gasteiger partial charge on any atom is -0.461 e. The van der Waals surface area contributed by atoms with Crippen LogP contribution in [-0.2, 0) is 27.4 Å². The number of carbonyl (C=O) groups excluding carboxylic acids is 1. The van der Waals surface area contributed by atoms with Crippen LogP contribution in [0.15, 0.2) is 30.6 Å². The van der Waals surface area contributed by atoms with Crippen molar-refractivity contribution in [2.75, 3.05) is 19.8 Å². The monoisotopic (exact) mass is 526 g/mol. The van der Waals surface area contributed by atoms with Gasteiger partial charge in [0.25, 0.3) is 5.92 Å². The van der Waals surface area contributed by atoms with E-state index in [-0.39, 0.29) is 34.1 Å². The number of pyridine rings is 1. The first-order valence-corrected chi connectivity index (χ1v) is 12.3. The molecule has 1 fully saturated rings. The van der Waals surface area contributed by atoms with E-state index < -0.39 is 29.9 Å². The van der Waals surface area contributed by atoms with Gasteiger partial charge in [0, 0.05) is 34.4 Å². The second-order valence-electron chi connectivity index (χ2n) is 8.57. The summed E-state index contributed by atoms with van der Waals surface area (Å²) in [5, 5.41) is 7.64. The third-order valence-electron chi connectivity index (χ3n) is 6.26. The maximum absolute atomic E-state index is 14.5. The summed E-state index contributed by atoms with van der Waals surface area (Å²) < 4.78 is 55.8. The fourth-order valence-electron chi connectivity index (χ4n) is 4.73. The lowest BCUT2D eigenvalue weighted by Gasteiger charge is -2.45. The molecule has 1 N–H and O–H groups in total. The average molecular weight is 527 g/mol. The van der Waals surface area contributed by atoms with E-state index in [2.05, 4.69) is 15.4 Å². The molecule has 35 heavy (non-hydrogen) atoms. The van der Waals surface area contributed by atoms with Crippen LogP contribution < -0.4 is 5.32 Å². The first-order valence-electron chi connectivity index (χ1n) is 11.1. The van der Waals surface area contributed by atoms with Gasteiger partial charge in [-0.25, -0.2) is 18.9 Å². The van der Waals surface area contributed by atoms with Crippen LogP contribution in [0.5, 0.6) is 0 Å². The lowest BCUT2D eigenvalue weighted by Crippen LogP contribution is -2.52. The van der Waals surface area contributed by atoms with E-state index in [9.17, 15) is 18.0 Å². The highest BCUT2D eigenvalue weighted by Crippen LogP contribution is 2.52. The Hall–Kier alpha value is -2.47. The van der Waals surface area contributed by atoms with Crippen molar-refractivity contribution in [3.8, 4) is 5.82 Å². The van der Waals surface area contributed by atoms with E-state index in [0.29, 0.717) is 36.2 Å². The van der Waals surface area contributed by atoms with E-state index in [1.807, 2.05) is 0 Å². The average Bonchev–Trinajstić information content (AvgIpc) is 3.43. The molecule has 0 saturated carbocycles. The van der Waals surface area contributed by atoms with E-state index in [1.165, 1.54) is 29.1 Å². The number of halogens is 4. The SMILES string of the molecule is CCOC(=O)c1nn(-c2ncccc2F)cc1CC1CC2(CCN1)OCC(F)(F)c1cc(Cl)sc12. The minimum absolute atomic E-state index is 0.0481. The standard InChI is InChI=1S/C23H22ClF3N4O3S/c1-2-33-21(32)18-13(11-31(30-18)20-16(25)4-3-6-29-20)8-14-10-22(5-7-28-14)19-15(9-17(24)35-19)23(26,27)12-34-22/h3-4,6,9,11,14,28H,2,5,7-8,10,12H2,1H3. The summed E-state index contributed by atoms with van der Waals surface area (Å²) in [5.41, 5.74) is -0.411. The number of nitrogens with one attached hydrogen (secondary N) is 1. The van der Waals surface area contributed by atoms with Crippen molar-refractivity contribution in [3.63, 3.8) is 0 Å². The molecular weight excluding hydrogens is 505 g/mol. The number of thiophene rings is 1. The lowest BCUT2D eigenvalue weighted by atomic mass is 9.80. The second-order valence-corrected chi connectivity index (χ2v) is 10.3. The van der Waals surface area contributed by atoms with Crippen molar-refractivity contribution in [1.82, 2.24) is 20.1 Å². The van der Waals surface area contributed by atoms with Gasteiger partial charge >= 0.3 is 5.97 Å². The zero-order valence-corrected chi connectivity index (χ0v) is 20.3. The number of alkyl halides is 2. The fourth-order valence-corrected chi connectivity index (χ4v) is 6.19. The van der Waals surface area contributed by atoms with Gasteiger partial charge in [-0.15, -0.1) is 11.3 Å². The molecule has 186 valence electrons. The molecule has 12 heteroatoms. The Morgan fingerprint density at radius 1 is 1.46 bits per heavy atom. The first-order chi connectivity index (χ1) is 16.7. The van der Waals surface area contributed by atoms with Crippen molar-refractivity contribution >= 4 is 28.9 Å². The van der Waals surface area contributed by atoms with E-state index in [1.54, 1.807) is 13.1 Å². The largest absolute Gasteiger partial charge is 0.461 e. The number of esters is 1. The molecular formula is C23H22ClF3N4O3S. The van der Waals surface area contributed by atoms with Gasteiger partial charge in [-0.05, 0) is 50.9 Å². The van der Waals surface area contributed by atoms with Gasteiger partial charge in [-0.3, -0.25) is 0 Å². The van der Waals surface area contributed by atoms with E-state index in [0.717, 1.165) is 11.3 Å². The summed E-state index contributed by atoms with van der Waals surface area (Å²) in [4.78, 5) is 17.1. The Morgan fingerprint density at radius 2 is 2.29 bits per heavy atom. The smallest absolute Gasteiger partial charge is 0.359 e. The predicted molar refractivity (Wildman–Crippen MR) is 123 cm³/mol. The van der Waals surface area contributed by atoms with E-state index >= 15 is 0 Å². The molecule has 3 aromatic rings. The molecule has 2 aliphatic rings. The predicted octanol–water partition coefficient (Wildman–Crippen LogP) is 4.61. The Balaban J connectivity index is 1.46. The van der Waals surface area contributed by atoms with Gasteiger partial charge in [0.05, 0.1) is 10.9 Å². The summed E-state index contributed by atoms with van der Waals surface area (Å²) in [7, 11) is 0. The van der Waals surface area contributed by atoms with Gasteiger partial charge in [-0.2, -0.15) is 13.9 Å². The molecule has 7 nitrogen and oxygen atoms in total. The number of carbonyl (C=O) groups is 1. The van der Waals surface area contributed by atoms with E-state index in [4.69, 9.17) is 21.1 Å². The summed E-state index contributed by atoms with van der Waals surface area (Å²) in [6.45, 7) is 1.63. The molecule has 0 amide bonds. The number of hydrogen-bond acceptors (Lipinski definition) is 7. The minimum atomic E-state index is -3.10. The molecule has 0 radical (unpaired) electrons. The summed E-state index contributed by atoms with van der Waals surface area (Å²) in [6.07, 6.45) is 4.18. The van der Waals surface area contributed by atoms with Crippen LogP contribution in [0.1, 0.15) is 46.3 Å². The second kappa shape index (κ2) is 9.20. The molecule has 1 saturated heterocycles. The number of piperidine rings is 1. The van der Waals surface area contributed by atoms with Crippen LogP contribution in [0.3, 0.4) is 0 Å². The summed E-state index contributed by atoms with van der Waals surface area (Å²) >= 11 is 7.24. The molecule has 5 rings (SSSR count). The Bertz CT molecular complexity index is 1270. The van der Waals surface area contributed by atoms with Crippen LogP contribution in [0.25, 0.3) is 5.82 Å². The number of aromatic nitrogens is 3. The lowest BCUT2D eigenvalue weighted by molar-refractivity contribution is -0.178. The van der Waals surface area contributed by atoms with Crippen LogP contribution in [0.2, 0.25) is 4.34 Å². The first kappa shape index (κ1) is 24.2. The molecule has 1 spiro atoms. The van der Waals surface area contributed by atoms with Crippen molar-refractivity contribution in [2.45, 2.75) is 43.8 Å². The molecule has 0 aliphatic carbocycles. The third kappa shape index (κ3) is 4.46. The van der Waals surface area contributed by atoms with Crippen molar-refractivity contribution < 1.29 is 27.4 Å². The molecule has 0 aromatic carbocycles. The van der Waals surface area contributed by atoms with Gasteiger partial charge in [0.15, 0.2) is 17.3 Å². The maximum Gasteiger partial charge on any atom is 0.359 e. The Morgan fingerprint density at radius 3 is 3.06 bits per heavy atom. The van der Waals surface area contributed by atoms with Crippen molar-refractivity contribution in [2.24, 2.45) is 0 Å². The highest BCUT2D eigenvalue weighted by Gasteiger charge is 2.52. The zero-order valence-electron chi connectivity index (χ0n) is 18.7. The molecule has 2 aliphatic heterocycles. The number of fused-ring (bicyclic) bond motifs is 2. The quantitative estimate of drug-likeness (QED) is 0.489. The van der Waals surface area contributed by atoms with Crippen molar-refractivity contribution in [1.29, 1.82) is 0 Å².